The van der Waals surface area contributed by atoms with Gasteiger partial charge in [0.05, 0.1) is 19.4 Å². The molecule has 0 bridgehead atoms. The quantitative estimate of drug-likeness (QED) is 0.747. The van der Waals surface area contributed by atoms with Crippen molar-refractivity contribution in [2.45, 2.75) is 13.1 Å². The van der Waals surface area contributed by atoms with Crippen molar-refractivity contribution in [1.29, 1.82) is 0 Å². The van der Waals surface area contributed by atoms with Gasteiger partial charge in [0.25, 0.3) is 0 Å². The molecule has 5 heteroatoms. The second-order valence-electron chi connectivity index (χ2n) is 4.63. The Balaban J connectivity index is 1.84. The van der Waals surface area contributed by atoms with E-state index in [1.807, 2.05) is 31.4 Å². The average molecular weight is 275 g/mol. The van der Waals surface area contributed by atoms with Crippen molar-refractivity contribution >= 4 is 5.82 Å². The van der Waals surface area contributed by atoms with E-state index in [4.69, 9.17) is 9.15 Å². The number of ether oxygens (including phenoxy) is 1. The van der Waals surface area contributed by atoms with E-state index in [0.717, 1.165) is 36.8 Å². The van der Waals surface area contributed by atoms with E-state index >= 15 is 0 Å². The molecule has 0 aliphatic carbocycles. The predicted octanol–water partition coefficient (Wildman–Crippen LogP) is 2.05. The molecule has 0 aromatic carbocycles. The number of rotatable bonds is 8. The highest BCUT2D eigenvalue weighted by Gasteiger charge is 2.05. The molecule has 20 heavy (non-hydrogen) atoms. The van der Waals surface area contributed by atoms with E-state index in [1.165, 1.54) is 0 Å². The van der Waals surface area contributed by atoms with Crippen molar-refractivity contribution in [2.24, 2.45) is 0 Å². The molecule has 0 atom stereocenters. The molecule has 0 aliphatic heterocycles. The van der Waals surface area contributed by atoms with Crippen LogP contribution in [0.25, 0.3) is 0 Å². The lowest BCUT2D eigenvalue weighted by atomic mass is 10.2. The highest BCUT2D eigenvalue weighted by atomic mass is 16.5. The second-order valence-corrected chi connectivity index (χ2v) is 4.63. The molecule has 0 fully saturated rings. The summed E-state index contributed by atoms with van der Waals surface area (Å²) >= 11 is 0. The molecule has 0 saturated carbocycles. The number of aromatic nitrogens is 1. The molecular weight excluding hydrogens is 254 g/mol. The molecule has 0 amide bonds. The second kappa shape index (κ2) is 7.67. The van der Waals surface area contributed by atoms with Crippen molar-refractivity contribution < 1.29 is 9.15 Å². The third kappa shape index (κ3) is 4.36. The minimum absolute atomic E-state index is 0.714. The molecule has 2 heterocycles. The van der Waals surface area contributed by atoms with Gasteiger partial charge in [-0.1, -0.05) is 6.07 Å². The fraction of sp³-hybridized carbons (Fsp3) is 0.400. The number of nitrogens with zero attached hydrogens (tertiary/aromatic N) is 2. The number of pyridine rings is 1. The van der Waals surface area contributed by atoms with Gasteiger partial charge in [-0.3, -0.25) is 0 Å². The minimum Gasteiger partial charge on any atom is -0.467 e. The first-order valence-corrected chi connectivity index (χ1v) is 6.67. The van der Waals surface area contributed by atoms with Crippen LogP contribution in [0.3, 0.4) is 0 Å². The molecule has 2 rings (SSSR count). The number of furan rings is 1. The number of hydrogen-bond donors (Lipinski definition) is 1. The summed E-state index contributed by atoms with van der Waals surface area (Å²) in [5, 5.41) is 3.29. The van der Waals surface area contributed by atoms with Gasteiger partial charge in [0.2, 0.25) is 0 Å². The van der Waals surface area contributed by atoms with Gasteiger partial charge >= 0.3 is 0 Å². The molecule has 1 N–H and O–H groups in total. The van der Waals surface area contributed by atoms with E-state index in [2.05, 4.69) is 21.3 Å². The van der Waals surface area contributed by atoms with Crippen molar-refractivity contribution in [1.82, 2.24) is 10.3 Å². The first-order chi connectivity index (χ1) is 9.79. The van der Waals surface area contributed by atoms with Gasteiger partial charge in [0.15, 0.2) is 0 Å². The molecule has 0 unspecified atom stereocenters. The third-order valence-corrected chi connectivity index (χ3v) is 2.99. The van der Waals surface area contributed by atoms with Gasteiger partial charge in [0, 0.05) is 33.4 Å². The van der Waals surface area contributed by atoms with Crippen LogP contribution in [0.15, 0.2) is 41.1 Å². The molecule has 0 radical (unpaired) electrons. The Morgan fingerprint density at radius 1 is 1.35 bits per heavy atom. The maximum Gasteiger partial charge on any atom is 0.128 e. The predicted molar refractivity (Wildman–Crippen MR) is 78.6 cm³/mol. The van der Waals surface area contributed by atoms with Crippen molar-refractivity contribution in [3.05, 3.63) is 48.0 Å². The Morgan fingerprint density at radius 3 is 2.90 bits per heavy atom. The van der Waals surface area contributed by atoms with Crippen LogP contribution in [0.1, 0.15) is 11.3 Å². The smallest absolute Gasteiger partial charge is 0.128 e. The summed E-state index contributed by atoms with van der Waals surface area (Å²) in [5.41, 5.74) is 1.16. The van der Waals surface area contributed by atoms with Crippen molar-refractivity contribution in [2.75, 3.05) is 32.2 Å². The molecule has 108 valence electrons. The highest BCUT2D eigenvalue weighted by Crippen LogP contribution is 2.13. The fourth-order valence-electron chi connectivity index (χ4n) is 1.87. The zero-order valence-corrected chi connectivity index (χ0v) is 12.0. The van der Waals surface area contributed by atoms with Crippen LogP contribution in [-0.4, -0.2) is 32.3 Å². The van der Waals surface area contributed by atoms with E-state index in [1.54, 1.807) is 13.4 Å². The van der Waals surface area contributed by atoms with Gasteiger partial charge in [-0.25, -0.2) is 4.98 Å². The molecule has 2 aromatic rings. The lowest BCUT2D eigenvalue weighted by molar-refractivity contribution is 0.199. The summed E-state index contributed by atoms with van der Waals surface area (Å²) in [4.78, 5) is 6.53. The van der Waals surface area contributed by atoms with Crippen LogP contribution in [0.2, 0.25) is 0 Å². The molecular formula is C15H21N3O2. The van der Waals surface area contributed by atoms with Gasteiger partial charge in [-0.2, -0.15) is 0 Å². The number of methoxy groups -OCH3 is 1. The standard InChI is InChI=1S/C15H21N3O2/c1-18(12-14-4-3-8-20-14)15-6-5-13(11-17-15)10-16-7-9-19-2/h3-6,8,11,16H,7,9-10,12H2,1-2H3. The molecule has 0 saturated heterocycles. The first kappa shape index (κ1) is 14.6. The molecule has 0 aliphatic rings. The van der Waals surface area contributed by atoms with Crippen LogP contribution in [0.5, 0.6) is 0 Å². The third-order valence-electron chi connectivity index (χ3n) is 2.99. The lowest BCUT2D eigenvalue weighted by Crippen LogP contribution is -2.19. The Morgan fingerprint density at radius 2 is 2.25 bits per heavy atom. The Hall–Kier alpha value is -1.85. The summed E-state index contributed by atoms with van der Waals surface area (Å²) in [6.45, 7) is 3.08. The molecule has 2 aromatic heterocycles. The van der Waals surface area contributed by atoms with E-state index in [-0.39, 0.29) is 0 Å². The van der Waals surface area contributed by atoms with Crippen LogP contribution in [-0.2, 0) is 17.8 Å². The Labute approximate surface area is 119 Å². The summed E-state index contributed by atoms with van der Waals surface area (Å²) in [6.07, 6.45) is 3.58. The molecule has 0 spiro atoms. The van der Waals surface area contributed by atoms with Gasteiger partial charge in [-0.15, -0.1) is 0 Å². The first-order valence-electron chi connectivity index (χ1n) is 6.67. The summed E-state index contributed by atoms with van der Waals surface area (Å²) < 4.78 is 10.3. The summed E-state index contributed by atoms with van der Waals surface area (Å²) in [6, 6.07) is 7.97. The highest BCUT2D eigenvalue weighted by molar-refractivity contribution is 5.38. The zero-order chi connectivity index (χ0) is 14.2. The monoisotopic (exact) mass is 275 g/mol. The SMILES string of the molecule is COCCNCc1ccc(N(C)Cc2ccco2)nc1. The minimum atomic E-state index is 0.714. The van der Waals surface area contributed by atoms with Crippen LogP contribution >= 0.6 is 0 Å². The maximum absolute atomic E-state index is 5.33. The maximum atomic E-state index is 5.33. The fourth-order valence-corrected chi connectivity index (χ4v) is 1.87. The zero-order valence-electron chi connectivity index (χ0n) is 12.0. The largest absolute Gasteiger partial charge is 0.467 e. The Kier molecular flexibility index (Phi) is 5.58. The normalized spacial score (nSPS) is 10.7. The van der Waals surface area contributed by atoms with Crippen LogP contribution in [0.4, 0.5) is 5.82 Å². The summed E-state index contributed by atoms with van der Waals surface area (Å²) in [7, 11) is 3.70. The van der Waals surface area contributed by atoms with E-state index in [0.29, 0.717) is 6.54 Å². The van der Waals surface area contributed by atoms with Crippen LogP contribution in [0, 0.1) is 0 Å². The average Bonchev–Trinajstić information content (AvgIpc) is 2.97. The van der Waals surface area contributed by atoms with E-state index < -0.39 is 0 Å². The number of nitrogens with one attached hydrogen (secondary N) is 1. The number of anilines is 1. The number of hydrogen-bond acceptors (Lipinski definition) is 5. The topological polar surface area (TPSA) is 50.5 Å². The van der Waals surface area contributed by atoms with Gasteiger partial charge in [0.1, 0.15) is 11.6 Å². The van der Waals surface area contributed by atoms with Crippen molar-refractivity contribution in [3.63, 3.8) is 0 Å². The van der Waals surface area contributed by atoms with Gasteiger partial charge in [-0.05, 0) is 23.8 Å². The van der Waals surface area contributed by atoms with E-state index in [9.17, 15) is 0 Å². The van der Waals surface area contributed by atoms with Crippen molar-refractivity contribution in [3.8, 4) is 0 Å². The lowest BCUT2D eigenvalue weighted by Gasteiger charge is -2.16. The van der Waals surface area contributed by atoms with Crippen LogP contribution < -0.4 is 10.2 Å². The molecule has 5 nitrogen and oxygen atoms in total. The van der Waals surface area contributed by atoms with Gasteiger partial charge < -0.3 is 19.4 Å². The summed E-state index contributed by atoms with van der Waals surface area (Å²) in [5.74, 6) is 1.86. The Bertz CT molecular complexity index is 482.